The van der Waals surface area contributed by atoms with Crippen LogP contribution in [0.2, 0.25) is 0 Å². The molecule has 1 rings (SSSR count). The van der Waals surface area contributed by atoms with Crippen molar-refractivity contribution < 1.29 is 19.0 Å². The monoisotopic (exact) mass is 236 g/mol. The Hall–Kier alpha value is -1.97. The van der Waals surface area contributed by atoms with Crippen molar-refractivity contribution in [2.45, 2.75) is 13.8 Å². The summed E-state index contributed by atoms with van der Waals surface area (Å²) in [6.07, 6.45) is 0. The van der Waals surface area contributed by atoms with Crippen molar-refractivity contribution in [3.05, 3.63) is 35.6 Å². The summed E-state index contributed by atoms with van der Waals surface area (Å²) in [7, 11) is 2.91. The molecule has 0 aliphatic rings. The first-order chi connectivity index (χ1) is 8.08. The van der Waals surface area contributed by atoms with E-state index >= 15 is 0 Å². The summed E-state index contributed by atoms with van der Waals surface area (Å²) in [5.74, 6) is 1.01. The van der Waals surface area contributed by atoms with E-state index in [0.717, 1.165) is 11.3 Å². The highest BCUT2D eigenvalue weighted by Gasteiger charge is 2.14. The van der Waals surface area contributed by atoms with Gasteiger partial charge in [-0.2, -0.15) is 0 Å². The minimum atomic E-state index is -0.485. The zero-order chi connectivity index (χ0) is 12.8. The van der Waals surface area contributed by atoms with Crippen LogP contribution in [0.25, 0.3) is 0 Å². The van der Waals surface area contributed by atoms with Gasteiger partial charge in [-0.15, -0.1) is 0 Å². The largest absolute Gasteiger partial charge is 0.497 e. The molecule has 0 aliphatic heterocycles. The molecular weight excluding hydrogens is 220 g/mol. The molecule has 0 saturated heterocycles. The normalized spacial score (nSPS) is 9.41. The van der Waals surface area contributed by atoms with Crippen LogP contribution >= 0.6 is 0 Å². The smallest absolute Gasteiger partial charge is 0.373 e. The maximum Gasteiger partial charge on any atom is 0.373 e. The van der Waals surface area contributed by atoms with Crippen LogP contribution in [0.5, 0.6) is 11.5 Å². The number of ether oxygens (including phenoxy) is 3. The molecule has 0 N–H and O–H groups in total. The standard InChI is InChI=1S/C13H16O4/c1-9(2)12(13(14)16-4)17-11-7-5-10(15-3)6-8-11/h5-8H,1-4H3. The molecule has 0 aromatic heterocycles. The molecule has 17 heavy (non-hydrogen) atoms. The second-order valence-corrected chi connectivity index (χ2v) is 3.60. The van der Waals surface area contributed by atoms with Gasteiger partial charge in [0.25, 0.3) is 0 Å². The molecule has 4 heteroatoms. The summed E-state index contributed by atoms with van der Waals surface area (Å²) in [6.45, 7) is 3.57. The predicted molar refractivity (Wildman–Crippen MR) is 64.0 cm³/mol. The molecule has 92 valence electrons. The number of allylic oxidation sites excluding steroid dienone is 1. The van der Waals surface area contributed by atoms with Crippen LogP contribution in [-0.4, -0.2) is 20.2 Å². The van der Waals surface area contributed by atoms with Gasteiger partial charge < -0.3 is 14.2 Å². The fourth-order valence-corrected chi connectivity index (χ4v) is 1.20. The molecule has 0 atom stereocenters. The van der Waals surface area contributed by atoms with E-state index in [1.807, 2.05) is 0 Å². The first kappa shape index (κ1) is 13.1. The van der Waals surface area contributed by atoms with E-state index in [-0.39, 0.29) is 5.76 Å². The first-order valence-electron chi connectivity index (χ1n) is 5.16. The Morgan fingerprint density at radius 2 is 1.53 bits per heavy atom. The molecule has 0 spiro atoms. The van der Waals surface area contributed by atoms with Gasteiger partial charge in [0, 0.05) is 0 Å². The topological polar surface area (TPSA) is 44.8 Å². The number of rotatable bonds is 4. The number of carbonyl (C=O) groups is 1. The minimum Gasteiger partial charge on any atom is -0.497 e. The number of carbonyl (C=O) groups excluding carboxylic acids is 1. The lowest BCUT2D eigenvalue weighted by atomic mass is 10.3. The van der Waals surface area contributed by atoms with Crippen LogP contribution in [-0.2, 0) is 9.53 Å². The predicted octanol–water partition coefficient (Wildman–Crippen LogP) is 2.54. The second-order valence-electron chi connectivity index (χ2n) is 3.60. The van der Waals surface area contributed by atoms with Crippen LogP contribution in [0.1, 0.15) is 13.8 Å². The second kappa shape index (κ2) is 5.94. The Balaban J connectivity index is 2.87. The molecule has 0 bridgehead atoms. The fourth-order valence-electron chi connectivity index (χ4n) is 1.20. The van der Waals surface area contributed by atoms with Gasteiger partial charge >= 0.3 is 5.97 Å². The van der Waals surface area contributed by atoms with E-state index in [1.54, 1.807) is 45.2 Å². The van der Waals surface area contributed by atoms with Crippen molar-refractivity contribution in [2.75, 3.05) is 14.2 Å². The quantitative estimate of drug-likeness (QED) is 0.458. The van der Waals surface area contributed by atoms with E-state index in [2.05, 4.69) is 4.74 Å². The van der Waals surface area contributed by atoms with Gasteiger partial charge in [-0.1, -0.05) is 0 Å². The Morgan fingerprint density at radius 3 is 1.94 bits per heavy atom. The summed E-state index contributed by atoms with van der Waals surface area (Å²) < 4.78 is 15.2. The van der Waals surface area contributed by atoms with Crippen LogP contribution < -0.4 is 9.47 Å². The van der Waals surface area contributed by atoms with Gasteiger partial charge in [0.2, 0.25) is 5.76 Å². The third kappa shape index (κ3) is 3.52. The molecule has 0 unspecified atom stereocenters. The SMILES string of the molecule is COC(=O)C(Oc1ccc(OC)cc1)=C(C)C. The molecule has 1 aromatic rings. The summed E-state index contributed by atoms with van der Waals surface area (Å²) >= 11 is 0. The summed E-state index contributed by atoms with van der Waals surface area (Å²) in [6, 6.07) is 6.97. The third-order valence-electron chi connectivity index (χ3n) is 2.10. The number of esters is 1. The Bertz CT molecular complexity index is 414. The highest BCUT2D eigenvalue weighted by molar-refractivity contribution is 5.87. The van der Waals surface area contributed by atoms with Gasteiger partial charge in [-0.3, -0.25) is 0 Å². The Kier molecular flexibility index (Phi) is 4.57. The lowest BCUT2D eigenvalue weighted by Crippen LogP contribution is -2.12. The maximum atomic E-state index is 11.5. The van der Waals surface area contributed by atoms with E-state index in [9.17, 15) is 4.79 Å². The third-order valence-corrected chi connectivity index (χ3v) is 2.10. The van der Waals surface area contributed by atoms with Crippen LogP contribution in [0.3, 0.4) is 0 Å². The van der Waals surface area contributed by atoms with E-state index in [4.69, 9.17) is 9.47 Å². The zero-order valence-electron chi connectivity index (χ0n) is 10.4. The van der Waals surface area contributed by atoms with Gasteiger partial charge in [0.1, 0.15) is 11.5 Å². The molecule has 0 aliphatic carbocycles. The number of hydrogen-bond acceptors (Lipinski definition) is 4. The van der Waals surface area contributed by atoms with Crippen LogP contribution in [0.15, 0.2) is 35.6 Å². The Morgan fingerprint density at radius 1 is 1.00 bits per heavy atom. The van der Waals surface area contributed by atoms with Crippen molar-refractivity contribution in [2.24, 2.45) is 0 Å². The number of methoxy groups -OCH3 is 2. The molecule has 0 saturated carbocycles. The zero-order valence-corrected chi connectivity index (χ0v) is 10.4. The molecule has 0 amide bonds. The molecule has 1 aromatic carbocycles. The van der Waals surface area contributed by atoms with Crippen LogP contribution in [0.4, 0.5) is 0 Å². The van der Waals surface area contributed by atoms with E-state index in [1.165, 1.54) is 7.11 Å². The minimum absolute atomic E-state index is 0.206. The molecule has 0 heterocycles. The highest BCUT2D eigenvalue weighted by Crippen LogP contribution is 2.20. The molecular formula is C13H16O4. The van der Waals surface area contributed by atoms with Gasteiger partial charge in [-0.25, -0.2) is 4.79 Å². The lowest BCUT2D eigenvalue weighted by molar-refractivity contribution is -0.138. The van der Waals surface area contributed by atoms with Gasteiger partial charge in [0.05, 0.1) is 14.2 Å². The molecule has 0 fully saturated rings. The van der Waals surface area contributed by atoms with E-state index in [0.29, 0.717) is 5.75 Å². The molecule has 0 radical (unpaired) electrons. The first-order valence-corrected chi connectivity index (χ1v) is 5.16. The lowest BCUT2D eigenvalue weighted by Gasteiger charge is -2.10. The van der Waals surface area contributed by atoms with Crippen LogP contribution in [0, 0.1) is 0 Å². The fraction of sp³-hybridized carbons (Fsp3) is 0.308. The van der Waals surface area contributed by atoms with Crippen molar-refractivity contribution in [1.82, 2.24) is 0 Å². The highest BCUT2D eigenvalue weighted by atomic mass is 16.6. The average molecular weight is 236 g/mol. The Labute approximate surface area is 101 Å². The van der Waals surface area contributed by atoms with E-state index < -0.39 is 5.97 Å². The average Bonchev–Trinajstić information content (AvgIpc) is 2.35. The molecule has 4 nitrogen and oxygen atoms in total. The van der Waals surface area contributed by atoms with Crippen molar-refractivity contribution in [3.8, 4) is 11.5 Å². The maximum absolute atomic E-state index is 11.5. The summed E-state index contributed by atoms with van der Waals surface area (Å²) in [5, 5.41) is 0. The summed E-state index contributed by atoms with van der Waals surface area (Å²) in [5.41, 5.74) is 0.757. The van der Waals surface area contributed by atoms with Crippen molar-refractivity contribution in [1.29, 1.82) is 0 Å². The van der Waals surface area contributed by atoms with Gasteiger partial charge in [0.15, 0.2) is 0 Å². The van der Waals surface area contributed by atoms with Gasteiger partial charge in [-0.05, 0) is 43.7 Å². The number of hydrogen-bond donors (Lipinski definition) is 0. The van der Waals surface area contributed by atoms with Crippen molar-refractivity contribution in [3.63, 3.8) is 0 Å². The number of benzene rings is 1. The summed E-state index contributed by atoms with van der Waals surface area (Å²) in [4.78, 5) is 11.5. The van der Waals surface area contributed by atoms with Crippen molar-refractivity contribution >= 4 is 5.97 Å².